The van der Waals surface area contributed by atoms with Gasteiger partial charge in [-0.2, -0.15) is 0 Å². The number of esters is 1. The normalized spacial score (nSPS) is 10.7. The highest BCUT2D eigenvalue weighted by atomic mass is 16.5. The molecule has 144 valence electrons. The number of anilines is 1. The topological polar surface area (TPSA) is 103 Å². The van der Waals surface area contributed by atoms with E-state index in [9.17, 15) is 14.4 Å². The number of nitrogens with one attached hydrogen (secondary N) is 2. The molecule has 2 N–H and O–H groups in total. The summed E-state index contributed by atoms with van der Waals surface area (Å²) in [7, 11) is 4.13. The van der Waals surface area contributed by atoms with Crippen molar-refractivity contribution >= 4 is 23.5 Å². The van der Waals surface area contributed by atoms with Crippen molar-refractivity contribution < 1.29 is 28.6 Å². The van der Waals surface area contributed by atoms with Gasteiger partial charge in [0.15, 0.2) is 11.5 Å². The molecule has 1 rings (SSSR count). The average Bonchev–Trinajstić information content (AvgIpc) is 2.59. The van der Waals surface area contributed by atoms with Crippen LogP contribution in [0, 0.1) is 5.41 Å². The van der Waals surface area contributed by atoms with E-state index in [0.29, 0.717) is 11.5 Å². The first-order valence-electron chi connectivity index (χ1n) is 8.06. The van der Waals surface area contributed by atoms with Gasteiger partial charge in [0.25, 0.3) is 0 Å². The van der Waals surface area contributed by atoms with E-state index in [-0.39, 0.29) is 36.0 Å². The van der Waals surface area contributed by atoms with Crippen molar-refractivity contribution in [2.45, 2.75) is 27.2 Å². The summed E-state index contributed by atoms with van der Waals surface area (Å²) in [5.41, 5.74) is -0.156. The SMILES string of the molecule is COC(=O)c1cc(OC)c(OC)cc1NC(=O)CCNC(=O)C(C)(C)C. The Morgan fingerprint density at radius 3 is 2.08 bits per heavy atom. The zero-order chi connectivity index (χ0) is 19.9. The predicted octanol–water partition coefficient (Wildman–Crippen LogP) is 1.98. The molecule has 0 spiro atoms. The summed E-state index contributed by atoms with van der Waals surface area (Å²) in [5, 5.41) is 5.33. The maximum atomic E-state index is 12.2. The summed E-state index contributed by atoms with van der Waals surface area (Å²) in [4.78, 5) is 36.0. The van der Waals surface area contributed by atoms with Crippen molar-refractivity contribution in [2.75, 3.05) is 33.2 Å². The molecule has 0 fully saturated rings. The van der Waals surface area contributed by atoms with Crippen LogP contribution in [-0.4, -0.2) is 45.7 Å². The summed E-state index contributed by atoms with van der Waals surface area (Å²) in [6.45, 7) is 5.54. The molecule has 2 amide bonds. The molecule has 0 saturated heterocycles. The molecule has 0 unspecified atom stereocenters. The molecule has 0 radical (unpaired) electrons. The van der Waals surface area contributed by atoms with Gasteiger partial charge in [-0.15, -0.1) is 0 Å². The van der Waals surface area contributed by atoms with Gasteiger partial charge in [0.1, 0.15) is 0 Å². The Morgan fingerprint density at radius 2 is 1.58 bits per heavy atom. The number of carbonyl (C=O) groups excluding carboxylic acids is 3. The fourth-order valence-corrected chi connectivity index (χ4v) is 2.03. The lowest BCUT2D eigenvalue weighted by atomic mass is 9.96. The van der Waals surface area contributed by atoms with Crippen LogP contribution >= 0.6 is 0 Å². The Balaban J connectivity index is 2.88. The third-order valence-corrected chi connectivity index (χ3v) is 3.52. The van der Waals surface area contributed by atoms with E-state index in [1.165, 1.54) is 33.5 Å². The molecular formula is C18H26N2O6. The number of carbonyl (C=O) groups is 3. The number of methoxy groups -OCH3 is 3. The molecule has 1 aromatic rings. The lowest BCUT2D eigenvalue weighted by molar-refractivity contribution is -0.128. The lowest BCUT2D eigenvalue weighted by Crippen LogP contribution is -2.36. The van der Waals surface area contributed by atoms with Gasteiger partial charge in [-0.3, -0.25) is 9.59 Å². The van der Waals surface area contributed by atoms with E-state index in [0.717, 1.165) is 0 Å². The van der Waals surface area contributed by atoms with Gasteiger partial charge in [0.05, 0.1) is 32.6 Å². The average molecular weight is 366 g/mol. The van der Waals surface area contributed by atoms with Crippen molar-refractivity contribution in [3.63, 3.8) is 0 Å². The van der Waals surface area contributed by atoms with Gasteiger partial charge >= 0.3 is 5.97 Å². The van der Waals surface area contributed by atoms with E-state index < -0.39 is 11.4 Å². The molecule has 0 atom stereocenters. The Morgan fingerprint density at radius 1 is 1.00 bits per heavy atom. The molecule has 0 aliphatic rings. The van der Waals surface area contributed by atoms with Crippen molar-refractivity contribution in [1.82, 2.24) is 5.32 Å². The minimum atomic E-state index is -0.623. The zero-order valence-corrected chi connectivity index (χ0v) is 16.0. The predicted molar refractivity (Wildman–Crippen MR) is 96.6 cm³/mol. The maximum absolute atomic E-state index is 12.2. The Bertz CT molecular complexity index is 679. The summed E-state index contributed by atoms with van der Waals surface area (Å²) in [6.07, 6.45) is 0.0524. The monoisotopic (exact) mass is 366 g/mol. The molecule has 0 aliphatic heterocycles. The molecule has 0 saturated carbocycles. The van der Waals surface area contributed by atoms with Crippen LogP contribution in [0.1, 0.15) is 37.6 Å². The second-order valence-electron chi connectivity index (χ2n) is 6.55. The molecular weight excluding hydrogens is 340 g/mol. The molecule has 26 heavy (non-hydrogen) atoms. The second-order valence-corrected chi connectivity index (χ2v) is 6.55. The van der Waals surface area contributed by atoms with Crippen molar-refractivity contribution in [3.8, 4) is 11.5 Å². The summed E-state index contributed by atoms with van der Waals surface area (Å²) in [6, 6.07) is 2.92. The second kappa shape index (κ2) is 9.07. The highest BCUT2D eigenvalue weighted by Gasteiger charge is 2.21. The largest absolute Gasteiger partial charge is 0.493 e. The lowest BCUT2D eigenvalue weighted by Gasteiger charge is -2.18. The third kappa shape index (κ3) is 5.65. The van der Waals surface area contributed by atoms with E-state index in [1.807, 2.05) is 0 Å². The van der Waals surface area contributed by atoms with Gasteiger partial charge in [-0.05, 0) is 0 Å². The van der Waals surface area contributed by atoms with Gasteiger partial charge < -0.3 is 24.8 Å². The Labute approximate surface area is 153 Å². The number of benzene rings is 1. The van der Waals surface area contributed by atoms with Gasteiger partial charge in [-0.25, -0.2) is 4.79 Å². The molecule has 0 aromatic heterocycles. The van der Waals surface area contributed by atoms with Gasteiger partial charge in [-0.1, -0.05) is 20.8 Å². The minimum Gasteiger partial charge on any atom is -0.493 e. The van der Waals surface area contributed by atoms with Gasteiger partial charge in [0, 0.05) is 30.5 Å². The van der Waals surface area contributed by atoms with Crippen molar-refractivity contribution in [2.24, 2.45) is 5.41 Å². The van der Waals surface area contributed by atoms with E-state index in [4.69, 9.17) is 14.2 Å². The molecule has 0 aliphatic carbocycles. The highest BCUT2D eigenvalue weighted by Crippen LogP contribution is 2.33. The van der Waals surface area contributed by atoms with Crippen LogP contribution in [0.15, 0.2) is 12.1 Å². The number of amides is 2. The van der Waals surface area contributed by atoms with Crippen LogP contribution in [0.2, 0.25) is 0 Å². The van der Waals surface area contributed by atoms with Crippen LogP contribution < -0.4 is 20.1 Å². The Hall–Kier alpha value is -2.77. The van der Waals surface area contributed by atoms with Crippen molar-refractivity contribution in [1.29, 1.82) is 0 Å². The smallest absolute Gasteiger partial charge is 0.340 e. The van der Waals surface area contributed by atoms with Gasteiger partial charge in [0.2, 0.25) is 11.8 Å². The molecule has 0 bridgehead atoms. The number of hydrogen-bond acceptors (Lipinski definition) is 6. The number of hydrogen-bond donors (Lipinski definition) is 2. The first-order chi connectivity index (χ1) is 12.1. The van der Waals surface area contributed by atoms with E-state index in [1.54, 1.807) is 20.8 Å². The standard InChI is InChI=1S/C18H26N2O6/c1-18(2,3)17(23)19-8-7-15(21)20-12-10-14(25-5)13(24-4)9-11(12)16(22)26-6/h9-10H,7-8H2,1-6H3,(H,19,23)(H,20,21). The molecule has 8 heteroatoms. The quantitative estimate of drug-likeness (QED) is 0.715. The molecule has 1 aromatic carbocycles. The highest BCUT2D eigenvalue weighted by molar-refractivity contribution is 6.02. The minimum absolute atomic E-state index is 0.0524. The van der Waals surface area contributed by atoms with Crippen LogP contribution in [0.5, 0.6) is 11.5 Å². The molecule has 0 heterocycles. The third-order valence-electron chi connectivity index (χ3n) is 3.52. The maximum Gasteiger partial charge on any atom is 0.340 e. The summed E-state index contributed by atoms with van der Waals surface area (Å²) >= 11 is 0. The fourth-order valence-electron chi connectivity index (χ4n) is 2.03. The van der Waals surface area contributed by atoms with Crippen LogP contribution in [0.3, 0.4) is 0 Å². The zero-order valence-electron chi connectivity index (χ0n) is 16.0. The van der Waals surface area contributed by atoms with E-state index >= 15 is 0 Å². The van der Waals surface area contributed by atoms with E-state index in [2.05, 4.69) is 10.6 Å². The molecule has 8 nitrogen and oxygen atoms in total. The number of ether oxygens (including phenoxy) is 3. The Kier molecular flexibility index (Phi) is 7.42. The number of rotatable bonds is 7. The fraction of sp³-hybridized carbons (Fsp3) is 0.500. The summed E-state index contributed by atoms with van der Waals surface area (Å²) in [5.74, 6) is -0.439. The first kappa shape index (κ1) is 21.3. The first-order valence-corrected chi connectivity index (χ1v) is 8.06. The van der Waals surface area contributed by atoms with Crippen molar-refractivity contribution in [3.05, 3.63) is 17.7 Å². The van der Waals surface area contributed by atoms with Crippen LogP contribution in [0.25, 0.3) is 0 Å². The van der Waals surface area contributed by atoms with Crippen LogP contribution in [-0.2, 0) is 14.3 Å². The summed E-state index contributed by atoms with van der Waals surface area (Å²) < 4.78 is 15.1. The van der Waals surface area contributed by atoms with Crippen LogP contribution in [0.4, 0.5) is 5.69 Å².